The van der Waals surface area contributed by atoms with Crippen LogP contribution in [-0.4, -0.2) is 28.3 Å². The Kier molecular flexibility index (Phi) is 8.16. The lowest BCUT2D eigenvalue weighted by Crippen LogP contribution is -2.37. The van der Waals surface area contributed by atoms with E-state index in [0.29, 0.717) is 29.5 Å². The Morgan fingerprint density at radius 1 is 1.09 bits per heavy atom. The SMILES string of the molecule is CC[C@H](COCc1ccccc1)NC(=O)c1cnn(-c2cccc(Cl)c2)c1-c1ccc(Br)cc1. The number of aromatic nitrogens is 2. The zero-order valence-corrected chi connectivity index (χ0v) is 21.1. The molecular formula is C27H25BrClN3O2. The van der Waals surface area contributed by atoms with Gasteiger partial charge in [-0.2, -0.15) is 5.10 Å². The molecule has 0 aliphatic rings. The van der Waals surface area contributed by atoms with E-state index in [1.807, 2.05) is 85.8 Å². The maximum atomic E-state index is 13.4. The van der Waals surface area contributed by atoms with Crippen molar-refractivity contribution >= 4 is 33.4 Å². The number of nitrogens with one attached hydrogen (secondary N) is 1. The van der Waals surface area contributed by atoms with Gasteiger partial charge in [0.1, 0.15) is 0 Å². The van der Waals surface area contributed by atoms with Gasteiger partial charge in [0.25, 0.3) is 5.91 Å². The van der Waals surface area contributed by atoms with Crippen LogP contribution in [0.5, 0.6) is 0 Å². The summed E-state index contributed by atoms with van der Waals surface area (Å²) in [5.74, 6) is -0.193. The van der Waals surface area contributed by atoms with E-state index < -0.39 is 0 Å². The Hall–Kier alpha value is -2.93. The highest BCUT2D eigenvalue weighted by atomic mass is 79.9. The number of hydrogen-bond donors (Lipinski definition) is 1. The summed E-state index contributed by atoms with van der Waals surface area (Å²) in [5.41, 5.74) is 3.95. The molecule has 0 aliphatic heterocycles. The van der Waals surface area contributed by atoms with Crippen LogP contribution in [0.25, 0.3) is 16.9 Å². The predicted molar refractivity (Wildman–Crippen MR) is 139 cm³/mol. The summed E-state index contributed by atoms with van der Waals surface area (Å²) >= 11 is 9.70. The molecule has 34 heavy (non-hydrogen) atoms. The van der Waals surface area contributed by atoms with Crippen LogP contribution in [0.2, 0.25) is 5.02 Å². The zero-order valence-electron chi connectivity index (χ0n) is 18.7. The van der Waals surface area contributed by atoms with E-state index in [1.165, 1.54) is 0 Å². The lowest BCUT2D eigenvalue weighted by Gasteiger charge is -2.18. The van der Waals surface area contributed by atoms with Gasteiger partial charge in [0, 0.05) is 15.1 Å². The van der Waals surface area contributed by atoms with E-state index in [9.17, 15) is 4.79 Å². The molecule has 1 N–H and O–H groups in total. The van der Waals surface area contributed by atoms with Crippen molar-refractivity contribution in [3.63, 3.8) is 0 Å². The number of rotatable bonds is 9. The topological polar surface area (TPSA) is 56.1 Å². The van der Waals surface area contributed by atoms with E-state index in [1.54, 1.807) is 10.9 Å². The predicted octanol–water partition coefficient (Wildman–Crippen LogP) is 6.68. The first-order valence-electron chi connectivity index (χ1n) is 11.1. The summed E-state index contributed by atoms with van der Waals surface area (Å²) in [7, 11) is 0. The van der Waals surface area contributed by atoms with Crippen molar-refractivity contribution < 1.29 is 9.53 Å². The second-order valence-corrected chi connectivity index (χ2v) is 9.24. The molecule has 4 aromatic rings. The van der Waals surface area contributed by atoms with Crippen LogP contribution in [-0.2, 0) is 11.3 Å². The molecule has 0 saturated carbocycles. The van der Waals surface area contributed by atoms with Crippen molar-refractivity contribution in [2.75, 3.05) is 6.61 Å². The molecule has 1 atom stereocenters. The molecule has 0 fully saturated rings. The van der Waals surface area contributed by atoms with Gasteiger partial charge in [0.15, 0.2) is 0 Å². The van der Waals surface area contributed by atoms with Crippen LogP contribution >= 0.6 is 27.5 Å². The number of ether oxygens (including phenoxy) is 1. The van der Waals surface area contributed by atoms with Gasteiger partial charge in [-0.25, -0.2) is 4.68 Å². The van der Waals surface area contributed by atoms with Crippen LogP contribution in [0.15, 0.2) is 89.5 Å². The number of nitrogens with zero attached hydrogens (tertiary/aromatic N) is 2. The van der Waals surface area contributed by atoms with Gasteiger partial charge in [0.2, 0.25) is 0 Å². The Morgan fingerprint density at radius 3 is 2.56 bits per heavy atom. The van der Waals surface area contributed by atoms with E-state index in [0.717, 1.165) is 27.7 Å². The van der Waals surface area contributed by atoms with E-state index in [4.69, 9.17) is 16.3 Å². The highest BCUT2D eigenvalue weighted by Gasteiger charge is 2.22. The third-order valence-corrected chi connectivity index (χ3v) is 6.21. The van der Waals surface area contributed by atoms with Gasteiger partial charge in [-0.15, -0.1) is 0 Å². The summed E-state index contributed by atoms with van der Waals surface area (Å²) in [5, 5.41) is 8.25. The second-order valence-electron chi connectivity index (χ2n) is 7.88. The molecule has 174 valence electrons. The molecule has 5 nitrogen and oxygen atoms in total. The number of hydrogen-bond acceptors (Lipinski definition) is 3. The monoisotopic (exact) mass is 537 g/mol. The van der Waals surface area contributed by atoms with Crippen LogP contribution in [0, 0.1) is 0 Å². The summed E-state index contributed by atoms with van der Waals surface area (Å²) < 4.78 is 8.57. The minimum absolute atomic E-state index is 0.122. The minimum atomic E-state index is -0.193. The number of carbonyl (C=O) groups excluding carboxylic acids is 1. The quantitative estimate of drug-likeness (QED) is 0.259. The van der Waals surface area contributed by atoms with Gasteiger partial charge in [0.05, 0.1) is 42.4 Å². The fourth-order valence-corrected chi connectivity index (χ4v) is 4.07. The first-order chi connectivity index (χ1) is 16.5. The number of carbonyl (C=O) groups is 1. The van der Waals surface area contributed by atoms with Gasteiger partial charge in [-0.1, -0.05) is 83.0 Å². The van der Waals surface area contributed by atoms with Crippen molar-refractivity contribution in [3.8, 4) is 16.9 Å². The molecule has 4 rings (SSSR count). The molecule has 0 spiro atoms. The Morgan fingerprint density at radius 2 is 1.85 bits per heavy atom. The van der Waals surface area contributed by atoms with Gasteiger partial charge in [-0.05, 0) is 42.3 Å². The van der Waals surface area contributed by atoms with Crippen molar-refractivity contribution in [1.29, 1.82) is 0 Å². The normalized spacial score (nSPS) is 11.9. The molecule has 7 heteroatoms. The fraction of sp³-hybridized carbons (Fsp3) is 0.185. The highest BCUT2D eigenvalue weighted by Crippen LogP contribution is 2.29. The zero-order chi connectivity index (χ0) is 23.9. The molecule has 0 radical (unpaired) electrons. The van der Waals surface area contributed by atoms with Crippen LogP contribution < -0.4 is 5.32 Å². The molecule has 0 saturated heterocycles. The molecule has 3 aromatic carbocycles. The van der Waals surface area contributed by atoms with E-state index >= 15 is 0 Å². The molecule has 0 unspecified atom stereocenters. The molecule has 1 aromatic heterocycles. The standard InChI is InChI=1S/C27H25BrClN3O2/c1-2-23(18-34-17-19-7-4-3-5-8-19)31-27(33)25-16-30-32(24-10-6-9-22(29)15-24)26(25)20-11-13-21(28)14-12-20/h3-16,23H,2,17-18H2,1H3,(H,31,33)/t23-/m1/s1. The molecule has 0 bridgehead atoms. The summed E-state index contributed by atoms with van der Waals surface area (Å²) in [6.07, 6.45) is 2.35. The third kappa shape index (κ3) is 5.95. The Bertz CT molecular complexity index is 1240. The minimum Gasteiger partial charge on any atom is -0.375 e. The number of halogens is 2. The molecule has 0 aliphatic carbocycles. The van der Waals surface area contributed by atoms with Gasteiger partial charge in [-0.3, -0.25) is 4.79 Å². The summed E-state index contributed by atoms with van der Waals surface area (Å²) in [6, 6.07) is 25.1. The van der Waals surface area contributed by atoms with Crippen molar-refractivity contribution in [3.05, 3.63) is 106 Å². The largest absolute Gasteiger partial charge is 0.375 e. The lowest BCUT2D eigenvalue weighted by atomic mass is 10.1. The maximum absolute atomic E-state index is 13.4. The number of benzene rings is 3. The van der Waals surface area contributed by atoms with Gasteiger partial charge < -0.3 is 10.1 Å². The van der Waals surface area contributed by atoms with E-state index in [2.05, 4.69) is 26.3 Å². The van der Waals surface area contributed by atoms with Crippen LogP contribution in [0.1, 0.15) is 29.3 Å². The van der Waals surface area contributed by atoms with Crippen molar-refractivity contribution in [1.82, 2.24) is 15.1 Å². The summed E-state index contributed by atoms with van der Waals surface area (Å²) in [4.78, 5) is 13.4. The molecule has 1 amide bonds. The lowest BCUT2D eigenvalue weighted by molar-refractivity contribution is 0.0792. The average Bonchev–Trinajstić information content (AvgIpc) is 3.30. The van der Waals surface area contributed by atoms with Crippen molar-refractivity contribution in [2.24, 2.45) is 0 Å². The first-order valence-corrected chi connectivity index (χ1v) is 12.2. The fourth-order valence-electron chi connectivity index (χ4n) is 3.62. The smallest absolute Gasteiger partial charge is 0.255 e. The highest BCUT2D eigenvalue weighted by molar-refractivity contribution is 9.10. The maximum Gasteiger partial charge on any atom is 0.255 e. The molecule has 1 heterocycles. The first kappa shape index (κ1) is 24.2. The Labute approximate surface area is 212 Å². The average molecular weight is 539 g/mol. The van der Waals surface area contributed by atoms with Crippen molar-refractivity contribution in [2.45, 2.75) is 26.0 Å². The van der Waals surface area contributed by atoms with E-state index in [-0.39, 0.29) is 11.9 Å². The third-order valence-electron chi connectivity index (χ3n) is 5.44. The summed E-state index contributed by atoms with van der Waals surface area (Å²) in [6.45, 7) is 2.96. The molecular weight excluding hydrogens is 514 g/mol. The second kappa shape index (κ2) is 11.5. The van der Waals surface area contributed by atoms with Crippen LogP contribution in [0.4, 0.5) is 0 Å². The van der Waals surface area contributed by atoms with Gasteiger partial charge >= 0.3 is 0 Å². The van der Waals surface area contributed by atoms with Crippen LogP contribution in [0.3, 0.4) is 0 Å². The number of amides is 1. The Balaban J connectivity index is 1.57.